The third kappa shape index (κ3) is 14.2. The fourth-order valence-electron chi connectivity index (χ4n) is 4.85. The van der Waals surface area contributed by atoms with Crippen molar-refractivity contribution in [2.75, 3.05) is 0 Å². The Balaban J connectivity index is 0.000000194. The van der Waals surface area contributed by atoms with Crippen LogP contribution in [0.1, 0.15) is 69.4 Å². The van der Waals surface area contributed by atoms with Crippen molar-refractivity contribution in [1.82, 2.24) is 0 Å². The van der Waals surface area contributed by atoms with Gasteiger partial charge in [0.25, 0.3) is 0 Å². The number of hydrogen-bond acceptors (Lipinski definition) is 0. The quantitative estimate of drug-likeness (QED) is 0.172. The zero-order valence-corrected chi connectivity index (χ0v) is 33.0. The molecule has 0 saturated carbocycles. The lowest BCUT2D eigenvalue weighted by atomic mass is 10.0. The van der Waals surface area contributed by atoms with Crippen molar-refractivity contribution in [2.45, 2.75) is 68.7 Å². The summed E-state index contributed by atoms with van der Waals surface area (Å²) in [5.41, 5.74) is 9.38. The van der Waals surface area contributed by atoms with E-state index in [1.165, 1.54) is 59.7 Å². The molecular formula is C43H52Si3. The monoisotopic (exact) mass is 652 g/mol. The summed E-state index contributed by atoms with van der Waals surface area (Å²) >= 11 is 0. The molecule has 5 aromatic rings. The van der Waals surface area contributed by atoms with Crippen molar-refractivity contribution in [3.05, 3.63) is 149 Å². The second-order valence-electron chi connectivity index (χ2n) is 13.0. The molecule has 0 unspecified atom stereocenters. The minimum atomic E-state index is 0.334. The molecule has 0 fully saturated rings. The molecule has 0 amide bonds. The van der Waals surface area contributed by atoms with E-state index in [9.17, 15) is 0 Å². The van der Waals surface area contributed by atoms with Gasteiger partial charge in [0.05, 0.1) is 0 Å². The molecule has 3 heteroatoms. The first-order valence-corrected chi connectivity index (χ1v) is 19.8. The molecule has 0 nitrogen and oxygen atoms in total. The second kappa shape index (κ2) is 19.1. The molecule has 236 valence electrons. The summed E-state index contributed by atoms with van der Waals surface area (Å²) in [5.74, 6) is 0. The van der Waals surface area contributed by atoms with Crippen molar-refractivity contribution in [3.8, 4) is 11.1 Å². The predicted molar refractivity (Wildman–Crippen MR) is 218 cm³/mol. The smallest absolute Gasteiger partial charge is 0.0279 e. The fraction of sp³-hybridized carbons (Fsp3) is 0.233. The van der Waals surface area contributed by atoms with Crippen LogP contribution in [-0.2, 0) is 6.42 Å². The van der Waals surface area contributed by atoms with Crippen LogP contribution in [0.4, 0.5) is 0 Å². The Labute approximate surface area is 286 Å². The third-order valence-electron chi connectivity index (χ3n) is 7.25. The van der Waals surface area contributed by atoms with Gasteiger partial charge in [-0.2, -0.15) is 0 Å². The maximum Gasteiger partial charge on any atom is 0.0279 e. The molecule has 0 N–H and O–H groups in total. The van der Waals surface area contributed by atoms with Crippen molar-refractivity contribution in [2.24, 2.45) is 0 Å². The van der Waals surface area contributed by atoms with Gasteiger partial charge in [0.1, 0.15) is 0 Å². The lowest BCUT2D eigenvalue weighted by molar-refractivity contribution is 1.19. The topological polar surface area (TPSA) is 0 Å². The Bertz CT molecular complexity index is 1710. The van der Waals surface area contributed by atoms with E-state index in [0.717, 1.165) is 6.42 Å². The summed E-state index contributed by atoms with van der Waals surface area (Å²) in [6.45, 7) is 19.6. The van der Waals surface area contributed by atoms with E-state index in [4.69, 9.17) is 0 Å². The molecular weight excluding hydrogens is 601 g/mol. The molecule has 5 aromatic carbocycles. The van der Waals surface area contributed by atoms with Crippen molar-refractivity contribution in [3.63, 3.8) is 0 Å². The average Bonchev–Trinajstić information content (AvgIpc) is 3.01. The Kier molecular flexibility index (Phi) is 15.3. The molecule has 0 bridgehead atoms. The number of benzene rings is 5. The van der Waals surface area contributed by atoms with Crippen molar-refractivity contribution in [1.29, 1.82) is 0 Å². The minimum Gasteiger partial charge on any atom is -0.0939 e. The second-order valence-corrected chi connectivity index (χ2v) is 19.3. The van der Waals surface area contributed by atoms with E-state index in [1.807, 2.05) is 0 Å². The zero-order chi connectivity index (χ0) is 33.5. The van der Waals surface area contributed by atoms with E-state index >= 15 is 0 Å². The molecule has 0 aliphatic heterocycles. The molecule has 0 atom stereocenters. The highest BCUT2D eigenvalue weighted by atomic mass is 28.2. The highest BCUT2D eigenvalue weighted by Crippen LogP contribution is 2.18. The number of aryl methyl sites for hydroxylation is 3. The van der Waals surface area contributed by atoms with Crippen LogP contribution in [0, 0.1) is 20.8 Å². The summed E-state index contributed by atoms with van der Waals surface area (Å²) in [6.07, 6.45) is 1.03. The highest BCUT2D eigenvalue weighted by molar-refractivity contribution is 6.66. The molecule has 0 spiro atoms. The zero-order valence-electron chi connectivity index (χ0n) is 29.5. The Morgan fingerprint density at radius 3 is 0.935 bits per heavy atom. The molecule has 46 heavy (non-hydrogen) atoms. The van der Waals surface area contributed by atoms with E-state index in [-0.39, 0.29) is 0 Å². The standard InChI is InChI=1S/C17H20Si.C16H18Si.C10H14Si/c1-13(2)18-17-10-8-16(9-11-17)12-15-6-4-14(3)5-7-15;1-12(2)17-16-10-8-15(9-11-16)14-6-4-13(3)5-7-14;1-8(2)11-10-6-4-9(3)5-7-10/h4-11,18H,12H2,1-3H3;4-11,17H,1-3H3;4-7,11H,1-3H3. The lowest BCUT2D eigenvalue weighted by Gasteiger charge is -2.03. The van der Waals surface area contributed by atoms with Gasteiger partial charge >= 0.3 is 0 Å². The molecule has 0 aliphatic carbocycles. The van der Waals surface area contributed by atoms with Gasteiger partial charge in [-0.1, -0.05) is 154 Å². The summed E-state index contributed by atoms with van der Waals surface area (Å²) in [4.78, 5) is 0. The van der Waals surface area contributed by atoms with Crippen LogP contribution < -0.4 is 15.6 Å². The number of rotatable bonds is 6. The normalized spacial score (nSPS) is 9.93. The highest BCUT2D eigenvalue weighted by Gasteiger charge is 1.98. The summed E-state index contributed by atoms with van der Waals surface area (Å²) < 4.78 is 0. The van der Waals surface area contributed by atoms with Gasteiger partial charge in [-0.15, -0.1) is 0 Å². The Morgan fingerprint density at radius 2 is 0.587 bits per heavy atom. The van der Waals surface area contributed by atoms with Gasteiger partial charge in [0.2, 0.25) is 0 Å². The predicted octanol–water partition coefficient (Wildman–Crippen LogP) is 7.06. The summed E-state index contributed by atoms with van der Waals surface area (Å²) in [7, 11) is 1.08. The molecule has 0 aromatic heterocycles. The molecule has 0 radical (unpaired) electrons. The van der Waals surface area contributed by atoms with Crippen LogP contribution >= 0.6 is 0 Å². The van der Waals surface area contributed by atoms with Gasteiger partial charge in [0, 0.05) is 27.4 Å². The van der Waals surface area contributed by atoms with Gasteiger partial charge in [-0.05, 0) is 107 Å². The van der Waals surface area contributed by atoms with Gasteiger partial charge < -0.3 is 0 Å². The average molecular weight is 653 g/mol. The van der Waals surface area contributed by atoms with Crippen LogP contribution in [0.25, 0.3) is 11.1 Å². The van der Waals surface area contributed by atoms with E-state index < -0.39 is 0 Å². The molecule has 0 saturated heterocycles. The SMILES string of the molecule is CC(C)=[SiH]c1ccc(-c2ccc(C)cc2)cc1.CC(C)=[SiH]c1ccc(C)cc1.CC(C)=[SiH]c1ccc(Cc2ccc(C)cc2)cc1. The van der Waals surface area contributed by atoms with Gasteiger partial charge in [-0.25, -0.2) is 0 Å². The van der Waals surface area contributed by atoms with Crippen LogP contribution in [-0.4, -0.2) is 42.9 Å². The van der Waals surface area contributed by atoms with Crippen LogP contribution in [0.2, 0.25) is 0 Å². The largest absolute Gasteiger partial charge is 0.0939 e. The summed E-state index contributed by atoms with van der Waals surface area (Å²) in [5, 5.41) is 9.09. The maximum absolute atomic E-state index is 2.28. The van der Waals surface area contributed by atoms with E-state index in [0.29, 0.717) is 27.4 Å². The summed E-state index contributed by atoms with van der Waals surface area (Å²) in [6, 6.07) is 44.4. The maximum atomic E-state index is 2.28. The van der Waals surface area contributed by atoms with Crippen molar-refractivity contribution >= 4 is 58.5 Å². The first-order chi connectivity index (χ1) is 22.0. The molecule has 0 heterocycles. The molecule has 0 aliphatic rings. The first kappa shape index (κ1) is 36.8. The Morgan fingerprint density at radius 1 is 0.348 bits per heavy atom. The van der Waals surface area contributed by atoms with E-state index in [2.05, 4.69) is 184 Å². The fourth-order valence-corrected chi connectivity index (χ4v) is 8.01. The Hall–Kier alpha value is -3.64. The molecule has 5 rings (SSSR count). The van der Waals surface area contributed by atoms with E-state index in [1.54, 1.807) is 10.3 Å². The minimum absolute atomic E-state index is 0.334. The lowest BCUT2D eigenvalue weighted by Crippen LogP contribution is -2.11. The van der Waals surface area contributed by atoms with Crippen LogP contribution in [0.5, 0.6) is 0 Å². The van der Waals surface area contributed by atoms with Crippen LogP contribution in [0.15, 0.2) is 121 Å². The van der Waals surface area contributed by atoms with Gasteiger partial charge in [-0.3, -0.25) is 0 Å². The van der Waals surface area contributed by atoms with Crippen LogP contribution in [0.3, 0.4) is 0 Å². The van der Waals surface area contributed by atoms with Gasteiger partial charge in [0.15, 0.2) is 0 Å². The van der Waals surface area contributed by atoms with Crippen molar-refractivity contribution < 1.29 is 0 Å². The third-order valence-corrected chi connectivity index (χ3v) is 11.1. The first-order valence-electron chi connectivity index (χ1n) is 16.3. The number of hydrogen-bond donors (Lipinski definition) is 0.